The first kappa shape index (κ1) is 21.5. The Balaban J connectivity index is 3.47. The maximum absolute atomic E-state index is 12.5. The minimum Gasteiger partial charge on any atom is -0.438 e. The number of halogens is 6. The van der Waals surface area contributed by atoms with E-state index in [1.165, 1.54) is 14.1 Å². The molecule has 0 aromatic heterocycles. The van der Waals surface area contributed by atoms with Crippen LogP contribution >= 0.6 is 0 Å². The van der Waals surface area contributed by atoms with E-state index >= 15 is 0 Å². The molecule has 2 N–H and O–H groups in total. The van der Waals surface area contributed by atoms with Gasteiger partial charge >= 0.3 is 24.3 Å². The Bertz CT molecular complexity index is 672. The van der Waals surface area contributed by atoms with Crippen molar-refractivity contribution in [3.8, 4) is 0 Å². The number of ether oxygens (including phenoxy) is 2. The number of guanidine groups is 1. The second-order valence-electron chi connectivity index (χ2n) is 5.59. The van der Waals surface area contributed by atoms with E-state index in [-0.39, 0.29) is 5.96 Å². The number of esters is 2. The van der Waals surface area contributed by atoms with Crippen LogP contribution in [0, 0.1) is 0 Å². The number of rotatable bonds is 2. The van der Waals surface area contributed by atoms with Crippen LogP contribution in [-0.2, 0) is 19.1 Å². The highest BCUT2D eigenvalue weighted by Gasteiger charge is 2.61. The summed E-state index contributed by atoms with van der Waals surface area (Å²) in [6.07, 6.45) is -11.0. The number of nitrogens with two attached hydrogens (primary N) is 1. The molecule has 8 nitrogen and oxygen atoms in total. The standard InChI is InChI=1S/C12H14F6N4O4/c1-9(25-6(23)11(13,14)15)5(19)20-8(22(3)4)21-10(9,2)26-7(24)12(16,17)18/h1-4H3,(H2,19,20,21). The third-order valence-corrected chi connectivity index (χ3v) is 3.36. The molecule has 0 aliphatic carbocycles. The molecule has 14 heteroatoms. The van der Waals surface area contributed by atoms with E-state index in [1.807, 2.05) is 0 Å². The van der Waals surface area contributed by atoms with Gasteiger partial charge in [-0.05, 0) is 6.92 Å². The number of carbonyl (C=O) groups excluding carboxylic acids is 2. The third kappa shape index (κ3) is 3.99. The molecule has 0 fully saturated rings. The van der Waals surface area contributed by atoms with Crippen molar-refractivity contribution in [2.45, 2.75) is 37.5 Å². The van der Waals surface area contributed by atoms with Gasteiger partial charge in [-0.2, -0.15) is 31.3 Å². The number of hydrogen-bond acceptors (Lipinski definition) is 8. The fourth-order valence-corrected chi connectivity index (χ4v) is 1.72. The summed E-state index contributed by atoms with van der Waals surface area (Å²) in [6, 6.07) is 0. The van der Waals surface area contributed by atoms with Gasteiger partial charge in [0.2, 0.25) is 11.6 Å². The van der Waals surface area contributed by atoms with Crippen molar-refractivity contribution in [2.24, 2.45) is 15.7 Å². The molecule has 0 aromatic rings. The van der Waals surface area contributed by atoms with Crippen LogP contribution in [0.2, 0.25) is 0 Å². The number of amidine groups is 1. The molecular weight excluding hydrogens is 378 g/mol. The SMILES string of the molecule is CN(C)C1=NC(C)(OC(=O)C(F)(F)F)C(C)(OC(=O)C(F)(F)F)C(N)=N1. The highest BCUT2D eigenvalue weighted by Crippen LogP contribution is 2.38. The molecule has 1 heterocycles. The average molecular weight is 392 g/mol. The maximum atomic E-state index is 12.5. The Morgan fingerprint density at radius 2 is 1.42 bits per heavy atom. The summed E-state index contributed by atoms with van der Waals surface area (Å²) in [5, 5.41) is 0. The van der Waals surface area contributed by atoms with Crippen LogP contribution < -0.4 is 5.73 Å². The van der Waals surface area contributed by atoms with Crippen LogP contribution in [0.5, 0.6) is 0 Å². The summed E-state index contributed by atoms with van der Waals surface area (Å²) < 4.78 is 83.7. The van der Waals surface area contributed by atoms with Crippen molar-refractivity contribution < 1.29 is 45.4 Å². The van der Waals surface area contributed by atoms with Gasteiger partial charge in [0, 0.05) is 21.0 Å². The molecule has 0 radical (unpaired) electrons. The second-order valence-corrected chi connectivity index (χ2v) is 5.59. The highest BCUT2D eigenvalue weighted by atomic mass is 19.4. The van der Waals surface area contributed by atoms with Crippen LogP contribution in [-0.4, -0.2) is 66.4 Å². The predicted octanol–water partition coefficient (Wildman–Crippen LogP) is 0.961. The fraction of sp³-hybridized carbons (Fsp3) is 0.667. The topological polar surface area (TPSA) is 107 Å². The molecule has 0 saturated carbocycles. The molecule has 1 rings (SSSR count). The summed E-state index contributed by atoms with van der Waals surface area (Å²) in [5.41, 5.74) is -0.0309. The van der Waals surface area contributed by atoms with Crippen molar-refractivity contribution in [1.29, 1.82) is 0 Å². The predicted molar refractivity (Wildman–Crippen MR) is 73.8 cm³/mol. The molecular formula is C12H14F6N4O4. The van der Waals surface area contributed by atoms with E-state index in [0.29, 0.717) is 13.8 Å². The third-order valence-electron chi connectivity index (χ3n) is 3.36. The molecule has 0 spiro atoms. The Morgan fingerprint density at radius 3 is 1.81 bits per heavy atom. The highest BCUT2D eigenvalue weighted by molar-refractivity contribution is 6.03. The quantitative estimate of drug-likeness (QED) is 0.554. The number of aliphatic imine (C=N–C) groups is 2. The summed E-state index contributed by atoms with van der Waals surface area (Å²) in [5.74, 6) is -6.78. The van der Waals surface area contributed by atoms with Gasteiger partial charge in [-0.15, -0.1) is 0 Å². The van der Waals surface area contributed by atoms with Crippen molar-refractivity contribution in [1.82, 2.24) is 4.90 Å². The van der Waals surface area contributed by atoms with Crippen LogP contribution in [0.3, 0.4) is 0 Å². The summed E-state index contributed by atoms with van der Waals surface area (Å²) in [4.78, 5) is 30.7. The van der Waals surface area contributed by atoms with Gasteiger partial charge in [0.15, 0.2) is 5.84 Å². The van der Waals surface area contributed by atoms with E-state index in [9.17, 15) is 35.9 Å². The molecule has 148 valence electrons. The minimum atomic E-state index is -5.50. The Morgan fingerprint density at radius 1 is 1.00 bits per heavy atom. The van der Waals surface area contributed by atoms with Crippen molar-refractivity contribution in [3.63, 3.8) is 0 Å². The lowest BCUT2D eigenvalue weighted by atomic mass is 9.91. The zero-order chi connectivity index (χ0) is 20.7. The molecule has 2 atom stereocenters. The average Bonchev–Trinajstić information content (AvgIpc) is 2.42. The summed E-state index contributed by atoms with van der Waals surface area (Å²) in [6.45, 7) is 1.39. The largest absolute Gasteiger partial charge is 0.491 e. The normalized spacial score (nSPS) is 26.5. The second kappa shape index (κ2) is 6.32. The molecule has 0 bridgehead atoms. The number of carbonyl (C=O) groups is 2. The smallest absolute Gasteiger partial charge is 0.438 e. The Hall–Kier alpha value is -2.54. The van der Waals surface area contributed by atoms with Crippen LogP contribution in [0.15, 0.2) is 9.98 Å². The summed E-state index contributed by atoms with van der Waals surface area (Å²) in [7, 11) is 2.68. The number of alkyl halides is 6. The van der Waals surface area contributed by atoms with E-state index < -0.39 is 41.5 Å². The van der Waals surface area contributed by atoms with Crippen LogP contribution in [0.25, 0.3) is 0 Å². The zero-order valence-corrected chi connectivity index (χ0v) is 13.8. The van der Waals surface area contributed by atoms with Crippen molar-refractivity contribution in [3.05, 3.63) is 0 Å². The van der Waals surface area contributed by atoms with Crippen LogP contribution in [0.4, 0.5) is 26.3 Å². The first-order valence-corrected chi connectivity index (χ1v) is 6.66. The van der Waals surface area contributed by atoms with Gasteiger partial charge in [-0.1, -0.05) is 0 Å². The minimum absolute atomic E-state index is 0.375. The first-order chi connectivity index (χ1) is 11.4. The molecule has 26 heavy (non-hydrogen) atoms. The number of hydrogen-bond donors (Lipinski definition) is 1. The Kier molecular flexibility index (Phi) is 5.23. The molecule has 1 aliphatic rings. The number of nitrogens with zero attached hydrogens (tertiary/aromatic N) is 3. The van der Waals surface area contributed by atoms with E-state index in [1.54, 1.807) is 0 Å². The summed E-state index contributed by atoms with van der Waals surface area (Å²) >= 11 is 0. The molecule has 0 amide bonds. The fourth-order valence-electron chi connectivity index (χ4n) is 1.72. The van der Waals surface area contributed by atoms with Gasteiger partial charge in [0.1, 0.15) is 0 Å². The van der Waals surface area contributed by atoms with E-state index in [4.69, 9.17) is 5.73 Å². The first-order valence-electron chi connectivity index (χ1n) is 6.66. The zero-order valence-electron chi connectivity index (χ0n) is 13.8. The van der Waals surface area contributed by atoms with Crippen molar-refractivity contribution >= 4 is 23.7 Å². The lowest BCUT2D eigenvalue weighted by Crippen LogP contribution is -2.65. The van der Waals surface area contributed by atoms with Gasteiger partial charge in [-0.25, -0.2) is 14.6 Å². The Labute approximate surface area is 142 Å². The lowest BCUT2D eigenvalue weighted by Gasteiger charge is -2.43. The van der Waals surface area contributed by atoms with Gasteiger partial charge < -0.3 is 20.1 Å². The molecule has 2 unspecified atom stereocenters. The van der Waals surface area contributed by atoms with Gasteiger partial charge in [0.05, 0.1) is 0 Å². The van der Waals surface area contributed by atoms with Crippen LogP contribution in [0.1, 0.15) is 13.8 Å². The van der Waals surface area contributed by atoms with Gasteiger partial charge in [0.25, 0.3) is 5.72 Å². The van der Waals surface area contributed by atoms with Crippen molar-refractivity contribution in [2.75, 3.05) is 14.1 Å². The van der Waals surface area contributed by atoms with E-state index in [2.05, 4.69) is 19.5 Å². The lowest BCUT2D eigenvalue weighted by molar-refractivity contribution is -0.239. The molecule has 1 aliphatic heterocycles. The molecule has 0 saturated heterocycles. The monoisotopic (exact) mass is 392 g/mol. The van der Waals surface area contributed by atoms with E-state index in [0.717, 1.165) is 4.90 Å². The van der Waals surface area contributed by atoms with Gasteiger partial charge in [-0.3, -0.25) is 0 Å². The maximum Gasteiger partial charge on any atom is 0.491 e. The molecule has 0 aromatic carbocycles.